The Balaban J connectivity index is 1.60. The lowest BCUT2D eigenvalue weighted by Crippen LogP contribution is -2.37. The van der Waals surface area contributed by atoms with Crippen molar-refractivity contribution in [2.24, 2.45) is 0 Å². The molecule has 0 aromatic carbocycles. The van der Waals surface area contributed by atoms with Gasteiger partial charge in [-0.05, 0) is 36.7 Å². The largest absolute Gasteiger partial charge is 0.335 e. The van der Waals surface area contributed by atoms with Crippen LogP contribution in [0.1, 0.15) is 16.4 Å². The molecular weight excluding hydrogens is 310 g/mol. The SMILES string of the molecule is CN(C)[C@@H]1CN(C(=O)c2ccc3nnnn3c2)C[C@@H]1n1ccnn1. The minimum absolute atomic E-state index is 0.0399. The summed E-state index contributed by atoms with van der Waals surface area (Å²) < 4.78 is 3.32. The van der Waals surface area contributed by atoms with E-state index in [1.807, 2.05) is 29.9 Å². The van der Waals surface area contributed by atoms with Crippen LogP contribution in [-0.2, 0) is 0 Å². The van der Waals surface area contributed by atoms with E-state index in [0.717, 1.165) is 0 Å². The number of carbonyl (C=O) groups excluding carboxylic acids is 1. The van der Waals surface area contributed by atoms with Gasteiger partial charge in [0.15, 0.2) is 5.65 Å². The second-order valence-electron chi connectivity index (χ2n) is 6.09. The Morgan fingerprint density at radius 2 is 2.12 bits per heavy atom. The molecule has 0 bridgehead atoms. The lowest BCUT2D eigenvalue weighted by atomic mass is 10.1. The summed E-state index contributed by atoms with van der Waals surface area (Å²) in [6.45, 7) is 1.21. The van der Waals surface area contributed by atoms with Gasteiger partial charge in [0.05, 0.1) is 23.8 Å². The third-order valence-electron chi connectivity index (χ3n) is 4.43. The normalized spacial score (nSPS) is 21.0. The molecule has 0 spiro atoms. The Morgan fingerprint density at radius 1 is 1.25 bits per heavy atom. The smallest absolute Gasteiger partial charge is 0.255 e. The van der Waals surface area contributed by atoms with Gasteiger partial charge in [0.2, 0.25) is 0 Å². The van der Waals surface area contributed by atoms with Gasteiger partial charge in [-0.3, -0.25) is 4.79 Å². The first-order valence-electron chi connectivity index (χ1n) is 7.63. The van der Waals surface area contributed by atoms with Crippen LogP contribution in [0.15, 0.2) is 30.7 Å². The number of rotatable bonds is 3. The number of fused-ring (bicyclic) bond motifs is 1. The van der Waals surface area contributed by atoms with Crippen LogP contribution in [0.3, 0.4) is 0 Å². The highest BCUT2D eigenvalue weighted by Gasteiger charge is 2.38. The molecule has 1 aliphatic heterocycles. The number of pyridine rings is 1. The summed E-state index contributed by atoms with van der Waals surface area (Å²) in [6, 6.07) is 3.74. The second kappa shape index (κ2) is 5.64. The second-order valence-corrected chi connectivity index (χ2v) is 6.09. The van der Waals surface area contributed by atoms with Crippen molar-refractivity contribution in [1.29, 1.82) is 0 Å². The number of likely N-dealkylation sites (tertiary alicyclic amines) is 1. The van der Waals surface area contributed by atoms with Crippen molar-refractivity contribution >= 4 is 11.6 Å². The molecule has 4 heterocycles. The first-order valence-corrected chi connectivity index (χ1v) is 7.63. The highest BCUT2D eigenvalue weighted by Crippen LogP contribution is 2.25. The molecule has 0 unspecified atom stereocenters. The first kappa shape index (κ1) is 14.7. The summed E-state index contributed by atoms with van der Waals surface area (Å²) in [4.78, 5) is 16.8. The molecule has 3 aromatic heterocycles. The first-order chi connectivity index (χ1) is 11.6. The predicted molar refractivity (Wildman–Crippen MR) is 83.2 cm³/mol. The van der Waals surface area contributed by atoms with Crippen molar-refractivity contribution in [1.82, 2.24) is 44.8 Å². The van der Waals surface area contributed by atoms with E-state index < -0.39 is 0 Å². The summed E-state index contributed by atoms with van der Waals surface area (Å²) in [7, 11) is 4.02. The van der Waals surface area contributed by atoms with E-state index in [1.54, 1.807) is 24.5 Å². The van der Waals surface area contributed by atoms with Crippen LogP contribution in [-0.4, -0.2) is 84.0 Å². The molecule has 0 saturated carbocycles. The van der Waals surface area contributed by atoms with E-state index in [-0.39, 0.29) is 18.0 Å². The van der Waals surface area contributed by atoms with E-state index in [0.29, 0.717) is 24.3 Å². The van der Waals surface area contributed by atoms with E-state index in [2.05, 4.69) is 30.7 Å². The van der Waals surface area contributed by atoms with Crippen molar-refractivity contribution in [3.63, 3.8) is 0 Å². The number of hydrogen-bond donors (Lipinski definition) is 0. The molecule has 124 valence electrons. The minimum atomic E-state index is -0.0399. The molecule has 1 saturated heterocycles. The summed E-state index contributed by atoms with van der Waals surface area (Å²) in [6.07, 6.45) is 5.15. The zero-order valence-electron chi connectivity index (χ0n) is 13.4. The molecule has 24 heavy (non-hydrogen) atoms. The van der Waals surface area contributed by atoms with Crippen LogP contribution in [0.4, 0.5) is 0 Å². The van der Waals surface area contributed by atoms with Crippen LogP contribution in [0.5, 0.6) is 0 Å². The Labute approximate surface area is 137 Å². The van der Waals surface area contributed by atoms with E-state index in [4.69, 9.17) is 0 Å². The number of likely N-dealkylation sites (N-methyl/N-ethyl adjacent to an activating group) is 1. The molecule has 0 radical (unpaired) electrons. The van der Waals surface area contributed by atoms with Crippen LogP contribution in [0.2, 0.25) is 0 Å². The number of aromatic nitrogens is 7. The number of tetrazole rings is 1. The topological polar surface area (TPSA) is 97.3 Å². The van der Waals surface area contributed by atoms with Crippen LogP contribution in [0, 0.1) is 0 Å². The maximum atomic E-state index is 12.9. The van der Waals surface area contributed by atoms with Crippen molar-refractivity contribution in [3.05, 3.63) is 36.3 Å². The van der Waals surface area contributed by atoms with Crippen LogP contribution in [0.25, 0.3) is 5.65 Å². The quantitative estimate of drug-likeness (QED) is 0.630. The van der Waals surface area contributed by atoms with Gasteiger partial charge in [-0.15, -0.1) is 10.2 Å². The van der Waals surface area contributed by atoms with Gasteiger partial charge >= 0.3 is 0 Å². The standard InChI is InChI=1S/C14H17N9O/c1-20(2)11-8-21(9-12(11)22-6-5-15-18-22)14(24)10-3-4-13-16-17-19-23(13)7-10/h3-7,11-12H,8-9H2,1-2H3/t11-,12+/m1/s1. The molecule has 1 aliphatic rings. The summed E-state index contributed by atoms with van der Waals surface area (Å²) in [5.74, 6) is -0.0399. The van der Waals surface area contributed by atoms with Crippen molar-refractivity contribution in [2.45, 2.75) is 12.1 Å². The van der Waals surface area contributed by atoms with Crippen LogP contribution < -0.4 is 0 Å². The van der Waals surface area contributed by atoms with E-state index in [9.17, 15) is 4.79 Å². The Hall–Kier alpha value is -2.88. The molecule has 10 nitrogen and oxygen atoms in total. The zero-order valence-corrected chi connectivity index (χ0v) is 13.4. The Kier molecular flexibility index (Phi) is 3.45. The van der Waals surface area contributed by atoms with Gasteiger partial charge in [0.1, 0.15) is 0 Å². The molecule has 0 aliphatic carbocycles. The van der Waals surface area contributed by atoms with E-state index >= 15 is 0 Å². The number of hydrogen-bond acceptors (Lipinski definition) is 7. The highest BCUT2D eigenvalue weighted by atomic mass is 16.2. The van der Waals surface area contributed by atoms with Crippen LogP contribution >= 0.6 is 0 Å². The molecule has 4 rings (SSSR count). The van der Waals surface area contributed by atoms with Gasteiger partial charge in [-0.2, -0.15) is 4.52 Å². The Bertz CT molecular complexity index is 856. The average molecular weight is 327 g/mol. The summed E-state index contributed by atoms with van der Waals surface area (Å²) in [5, 5.41) is 19.3. The van der Waals surface area contributed by atoms with Gasteiger partial charge in [-0.1, -0.05) is 5.21 Å². The lowest BCUT2D eigenvalue weighted by molar-refractivity contribution is 0.0780. The van der Waals surface area contributed by atoms with Crippen molar-refractivity contribution in [3.8, 4) is 0 Å². The summed E-state index contributed by atoms with van der Waals surface area (Å²) >= 11 is 0. The van der Waals surface area contributed by atoms with Gasteiger partial charge in [0.25, 0.3) is 5.91 Å². The van der Waals surface area contributed by atoms with Crippen molar-refractivity contribution < 1.29 is 4.79 Å². The molecule has 1 amide bonds. The molecule has 10 heteroatoms. The number of nitrogens with zero attached hydrogens (tertiary/aromatic N) is 9. The average Bonchev–Trinajstić information content (AvgIpc) is 3.31. The zero-order chi connectivity index (χ0) is 16.7. The maximum absolute atomic E-state index is 12.9. The number of carbonyl (C=O) groups is 1. The third kappa shape index (κ3) is 2.40. The molecule has 0 N–H and O–H groups in total. The van der Waals surface area contributed by atoms with Gasteiger partial charge < -0.3 is 9.80 Å². The predicted octanol–water partition coefficient (Wildman–Crippen LogP) is -0.657. The van der Waals surface area contributed by atoms with E-state index in [1.165, 1.54) is 4.52 Å². The molecular formula is C14H17N9O. The van der Waals surface area contributed by atoms with Gasteiger partial charge in [-0.25, -0.2) is 4.68 Å². The monoisotopic (exact) mass is 327 g/mol. The molecule has 2 atom stereocenters. The number of amides is 1. The Morgan fingerprint density at radius 3 is 2.88 bits per heavy atom. The molecule has 1 fully saturated rings. The maximum Gasteiger partial charge on any atom is 0.255 e. The lowest BCUT2D eigenvalue weighted by Gasteiger charge is -2.24. The minimum Gasteiger partial charge on any atom is -0.335 e. The third-order valence-corrected chi connectivity index (χ3v) is 4.43. The summed E-state index contributed by atoms with van der Waals surface area (Å²) in [5.41, 5.74) is 1.17. The highest BCUT2D eigenvalue weighted by molar-refractivity contribution is 5.94. The fourth-order valence-corrected chi connectivity index (χ4v) is 3.15. The van der Waals surface area contributed by atoms with Gasteiger partial charge in [0, 0.05) is 25.5 Å². The van der Waals surface area contributed by atoms with Crippen molar-refractivity contribution in [2.75, 3.05) is 27.2 Å². The fourth-order valence-electron chi connectivity index (χ4n) is 3.15. The fraction of sp³-hybridized carbons (Fsp3) is 0.429. The molecule has 3 aromatic rings.